The lowest BCUT2D eigenvalue weighted by Gasteiger charge is -2.08. The molecule has 4 heteroatoms. The lowest BCUT2D eigenvalue weighted by molar-refractivity contribution is -0.124. The average Bonchev–Trinajstić information content (AvgIpc) is 3.08. The van der Waals surface area contributed by atoms with Crippen molar-refractivity contribution in [3.63, 3.8) is 0 Å². The Morgan fingerprint density at radius 3 is 3.00 bits per heavy atom. The number of aromatic nitrogens is 1. The van der Waals surface area contributed by atoms with Crippen LogP contribution in [-0.2, 0) is 11.3 Å². The molecule has 2 rings (SSSR count). The summed E-state index contributed by atoms with van der Waals surface area (Å²) in [5, 5.41) is 11.6. The van der Waals surface area contributed by atoms with Gasteiger partial charge in [-0.1, -0.05) is 6.07 Å². The van der Waals surface area contributed by atoms with E-state index in [0.29, 0.717) is 19.4 Å². The van der Waals surface area contributed by atoms with Crippen molar-refractivity contribution in [3.05, 3.63) is 29.6 Å². The zero-order valence-electron chi connectivity index (χ0n) is 9.16. The minimum atomic E-state index is -0.747. The molecule has 82 valence electrons. The van der Waals surface area contributed by atoms with Crippen molar-refractivity contribution in [2.45, 2.75) is 26.3 Å². The van der Waals surface area contributed by atoms with E-state index in [9.17, 15) is 4.79 Å². The molecule has 1 saturated carbocycles. The molecule has 1 heterocycles. The Morgan fingerprint density at radius 2 is 2.44 bits per heavy atom. The van der Waals surface area contributed by atoms with Crippen LogP contribution in [0.3, 0.4) is 0 Å². The summed E-state index contributed by atoms with van der Waals surface area (Å²) >= 11 is 0. The van der Waals surface area contributed by atoms with E-state index in [1.807, 2.05) is 19.1 Å². The molecule has 0 saturated heterocycles. The molecule has 4 nitrogen and oxygen atoms in total. The third-order valence-corrected chi connectivity index (χ3v) is 2.93. The van der Waals surface area contributed by atoms with E-state index in [-0.39, 0.29) is 5.91 Å². The van der Waals surface area contributed by atoms with Crippen LogP contribution in [0.4, 0.5) is 0 Å². The van der Waals surface area contributed by atoms with Crippen molar-refractivity contribution in [1.29, 1.82) is 5.26 Å². The van der Waals surface area contributed by atoms with Gasteiger partial charge in [0.2, 0.25) is 5.91 Å². The molecule has 0 radical (unpaired) electrons. The fraction of sp³-hybridized carbons (Fsp3) is 0.417. The molecule has 0 unspecified atom stereocenters. The van der Waals surface area contributed by atoms with E-state index in [1.54, 1.807) is 6.20 Å². The predicted octanol–water partition coefficient (Wildman–Crippen LogP) is 1.31. The molecule has 0 spiro atoms. The standard InChI is InChI=1S/C12H13N3O/c1-9-3-2-6-14-10(9)7-15-11(16)12(8-13)4-5-12/h2-3,6H,4-5,7H2,1H3,(H,15,16). The monoisotopic (exact) mass is 215 g/mol. The number of nitriles is 1. The summed E-state index contributed by atoms with van der Waals surface area (Å²) in [7, 11) is 0. The molecule has 1 aliphatic rings. The topological polar surface area (TPSA) is 65.8 Å². The Bertz CT molecular complexity index is 458. The highest BCUT2D eigenvalue weighted by Crippen LogP contribution is 2.44. The zero-order valence-corrected chi connectivity index (χ0v) is 9.16. The molecule has 1 aliphatic carbocycles. The van der Waals surface area contributed by atoms with Gasteiger partial charge in [0.1, 0.15) is 5.41 Å². The summed E-state index contributed by atoms with van der Waals surface area (Å²) in [6, 6.07) is 5.88. The second-order valence-electron chi connectivity index (χ2n) is 4.14. The van der Waals surface area contributed by atoms with Gasteiger partial charge in [-0.15, -0.1) is 0 Å². The first-order valence-electron chi connectivity index (χ1n) is 5.28. The van der Waals surface area contributed by atoms with Gasteiger partial charge in [0.05, 0.1) is 18.3 Å². The number of pyridine rings is 1. The normalized spacial score (nSPS) is 16.2. The fourth-order valence-electron chi connectivity index (χ4n) is 1.55. The number of rotatable bonds is 3. The third-order valence-electron chi connectivity index (χ3n) is 2.93. The lowest BCUT2D eigenvalue weighted by Crippen LogP contribution is -2.31. The Morgan fingerprint density at radius 1 is 1.69 bits per heavy atom. The summed E-state index contributed by atoms with van der Waals surface area (Å²) < 4.78 is 0. The van der Waals surface area contributed by atoms with Crippen molar-refractivity contribution in [1.82, 2.24) is 10.3 Å². The largest absolute Gasteiger partial charge is 0.349 e. The average molecular weight is 215 g/mol. The van der Waals surface area contributed by atoms with Gasteiger partial charge in [-0.2, -0.15) is 5.26 Å². The summed E-state index contributed by atoms with van der Waals surface area (Å²) in [5.74, 6) is -0.167. The number of aryl methyl sites for hydroxylation is 1. The first-order valence-corrected chi connectivity index (χ1v) is 5.28. The van der Waals surface area contributed by atoms with E-state index >= 15 is 0 Å². The van der Waals surface area contributed by atoms with Crippen molar-refractivity contribution in [2.24, 2.45) is 5.41 Å². The molecule has 0 aromatic carbocycles. The second kappa shape index (κ2) is 3.93. The number of carbonyl (C=O) groups is 1. The molecular weight excluding hydrogens is 202 g/mol. The summed E-state index contributed by atoms with van der Waals surface area (Å²) in [6.07, 6.45) is 3.05. The Labute approximate surface area is 94.3 Å². The molecule has 0 atom stereocenters. The van der Waals surface area contributed by atoms with Crippen LogP contribution in [0.5, 0.6) is 0 Å². The maximum atomic E-state index is 11.7. The van der Waals surface area contributed by atoms with Gasteiger partial charge < -0.3 is 5.32 Å². The van der Waals surface area contributed by atoms with Crippen molar-refractivity contribution in [2.75, 3.05) is 0 Å². The van der Waals surface area contributed by atoms with Crippen LogP contribution in [0.15, 0.2) is 18.3 Å². The van der Waals surface area contributed by atoms with Crippen LogP contribution < -0.4 is 5.32 Å². The highest BCUT2D eigenvalue weighted by atomic mass is 16.2. The number of nitrogens with zero attached hydrogens (tertiary/aromatic N) is 2. The van der Waals surface area contributed by atoms with Crippen molar-refractivity contribution in [3.8, 4) is 6.07 Å². The van der Waals surface area contributed by atoms with Gasteiger partial charge in [-0.25, -0.2) is 0 Å². The minimum absolute atomic E-state index is 0.167. The minimum Gasteiger partial charge on any atom is -0.349 e. The number of nitrogens with one attached hydrogen (secondary N) is 1. The molecule has 1 N–H and O–H groups in total. The zero-order chi connectivity index (χ0) is 11.6. The van der Waals surface area contributed by atoms with E-state index < -0.39 is 5.41 Å². The summed E-state index contributed by atoms with van der Waals surface area (Å²) in [4.78, 5) is 15.9. The second-order valence-corrected chi connectivity index (χ2v) is 4.14. The van der Waals surface area contributed by atoms with Crippen molar-refractivity contribution < 1.29 is 4.79 Å². The molecule has 1 amide bonds. The van der Waals surface area contributed by atoms with E-state index in [0.717, 1.165) is 11.3 Å². The molecule has 0 aliphatic heterocycles. The van der Waals surface area contributed by atoms with Gasteiger partial charge in [-0.05, 0) is 31.4 Å². The maximum absolute atomic E-state index is 11.7. The molecular formula is C12H13N3O. The van der Waals surface area contributed by atoms with Gasteiger partial charge in [-0.3, -0.25) is 9.78 Å². The summed E-state index contributed by atoms with van der Waals surface area (Å²) in [5.41, 5.74) is 1.15. The van der Waals surface area contributed by atoms with E-state index in [4.69, 9.17) is 5.26 Å². The Balaban J connectivity index is 1.96. The summed E-state index contributed by atoms with van der Waals surface area (Å²) in [6.45, 7) is 2.35. The van der Waals surface area contributed by atoms with E-state index in [1.165, 1.54) is 0 Å². The predicted molar refractivity (Wildman–Crippen MR) is 58.1 cm³/mol. The quantitative estimate of drug-likeness (QED) is 0.826. The van der Waals surface area contributed by atoms with Crippen LogP contribution in [0.1, 0.15) is 24.1 Å². The van der Waals surface area contributed by atoms with E-state index in [2.05, 4.69) is 16.4 Å². The van der Waals surface area contributed by atoms with Gasteiger partial charge in [0.15, 0.2) is 0 Å². The number of hydrogen-bond acceptors (Lipinski definition) is 3. The molecule has 16 heavy (non-hydrogen) atoms. The van der Waals surface area contributed by atoms with Crippen LogP contribution in [0, 0.1) is 23.7 Å². The number of carbonyl (C=O) groups excluding carboxylic acids is 1. The smallest absolute Gasteiger partial charge is 0.240 e. The van der Waals surface area contributed by atoms with Crippen LogP contribution in [-0.4, -0.2) is 10.9 Å². The van der Waals surface area contributed by atoms with Gasteiger partial charge in [0, 0.05) is 6.20 Å². The Hall–Kier alpha value is -1.89. The van der Waals surface area contributed by atoms with Crippen LogP contribution in [0.2, 0.25) is 0 Å². The number of hydrogen-bond donors (Lipinski definition) is 1. The fourth-order valence-corrected chi connectivity index (χ4v) is 1.55. The Kier molecular flexibility index (Phi) is 2.61. The lowest BCUT2D eigenvalue weighted by atomic mass is 10.1. The molecule has 0 bridgehead atoms. The van der Waals surface area contributed by atoms with Crippen LogP contribution in [0.25, 0.3) is 0 Å². The highest BCUT2D eigenvalue weighted by Gasteiger charge is 2.50. The highest BCUT2D eigenvalue weighted by molar-refractivity contribution is 5.88. The number of amides is 1. The first kappa shape index (κ1) is 10.6. The molecule has 1 aromatic rings. The van der Waals surface area contributed by atoms with Gasteiger partial charge in [0.25, 0.3) is 0 Å². The van der Waals surface area contributed by atoms with Crippen molar-refractivity contribution >= 4 is 5.91 Å². The molecule has 1 aromatic heterocycles. The SMILES string of the molecule is Cc1cccnc1CNC(=O)C1(C#N)CC1. The first-order chi connectivity index (χ1) is 7.68. The van der Waals surface area contributed by atoms with Gasteiger partial charge >= 0.3 is 0 Å². The maximum Gasteiger partial charge on any atom is 0.240 e. The van der Waals surface area contributed by atoms with Crippen LogP contribution >= 0.6 is 0 Å². The molecule has 1 fully saturated rings. The third kappa shape index (κ3) is 1.89.